The van der Waals surface area contributed by atoms with Gasteiger partial charge >= 0.3 is 6.03 Å². The number of piperazine rings is 1. The lowest BCUT2D eigenvalue weighted by Crippen LogP contribution is -2.56. The van der Waals surface area contributed by atoms with Gasteiger partial charge in [0.1, 0.15) is 11.3 Å². The Kier molecular flexibility index (Phi) is 5.81. The van der Waals surface area contributed by atoms with E-state index in [1.807, 2.05) is 18.2 Å². The second-order valence-electron chi connectivity index (χ2n) is 8.15. The van der Waals surface area contributed by atoms with Gasteiger partial charge in [0, 0.05) is 44.7 Å². The average molecular weight is 490 g/mol. The van der Waals surface area contributed by atoms with Crippen molar-refractivity contribution in [3.63, 3.8) is 0 Å². The monoisotopic (exact) mass is 489 g/mol. The van der Waals surface area contributed by atoms with E-state index >= 15 is 0 Å². The Morgan fingerprint density at radius 3 is 2.52 bits per heavy atom. The largest absolute Gasteiger partial charge is 0.353 e. The highest BCUT2D eigenvalue weighted by Crippen LogP contribution is 2.30. The molecule has 0 saturated carbocycles. The Hall–Kier alpha value is -2.95. The van der Waals surface area contributed by atoms with Crippen LogP contribution < -0.4 is 10.2 Å². The summed E-state index contributed by atoms with van der Waals surface area (Å²) in [4.78, 5) is 49.0. The van der Waals surface area contributed by atoms with E-state index in [2.05, 4.69) is 25.1 Å². The lowest BCUT2D eigenvalue weighted by molar-refractivity contribution is -0.123. The van der Waals surface area contributed by atoms with Crippen LogP contribution in [-0.4, -0.2) is 75.5 Å². The molecule has 3 aliphatic heterocycles. The van der Waals surface area contributed by atoms with Crippen LogP contribution in [0.5, 0.6) is 0 Å². The highest BCUT2D eigenvalue weighted by molar-refractivity contribution is 6.42. The number of fused-ring (bicyclic) bond motifs is 1. The number of carbonyl (C=O) groups is 3. The molecule has 4 heterocycles. The van der Waals surface area contributed by atoms with E-state index in [9.17, 15) is 14.4 Å². The topological polar surface area (TPSA) is 102 Å². The number of aromatic nitrogens is 2. The molecule has 2 saturated heterocycles. The summed E-state index contributed by atoms with van der Waals surface area (Å²) in [5, 5.41) is 5.60. The third-order valence-electron chi connectivity index (χ3n) is 6.08. The molecule has 1 aromatic heterocycles. The fraction of sp³-hybridized carbons (Fsp3) is 0.381. The van der Waals surface area contributed by atoms with Crippen molar-refractivity contribution < 1.29 is 14.4 Å². The number of carbonyl (C=O) groups excluding carboxylic acids is 3. The van der Waals surface area contributed by atoms with Crippen LogP contribution in [0.15, 0.2) is 24.5 Å². The molecule has 0 atom stereocenters. The van der Waals surface area contributed by atoms with Gasteiger partial charge in [-0.15, -0.1) is 0 Å². The molecular weight excluding hydrogens is 469 g/mol. The Morgan fingerprint density at radius 2 is 1.76 bits per heavy atom. The van der Waals surface area contributed by atoms with Gasteiger partial charge < -0.3 is 4.90 Å². The molecular formula is C21H21Cl2N7O3. The van der Waals surface area contributed by atoms with Crippen LogP contribution in [0.4, 0.5) is 10.6 Å². The van der Waals surface area contributed by atoms with Crippen molar-refractivity contribution in [3.8, 4) is 0 Å². The first-order chi connectivity index (χ1) is 15.9. The average Bonchev–Trinajstić information content (AvgIpc) is 3.12. The van der Waals surface area contributed by atoms with E-state index < -0.39 is 6.03 Å². The lowest BCUT2D eigenvalue weighted by Gasteiger charge is -2.35. The van der Waals surface area contributed by atoms with E-state index in [1.54, 1.807) is 0 Å². The molecule has 1 aromatic carbocycles. The van der Waals surface area contributed by atoms with Crippen LogP contribution >= 0.6 is 23.2 Å². The fourth-order valence-corrected chi connectivity index (χ4v) is 4.72. The molecule has 1 N–H and O–H groups in total. The summed E-state index contributed by atoms with van der Waals surface area (Å²) in [6, 6.07) is 5.23. The van der Waals surface area contributed by atoms with Crippen LogP contribution in [0.2, 0.25) is 10.2 Å². The molecule has 0 bridgehead atoms. The maximum Gasteiger partial charge on any atom is 0.342 e. The summed E-state index contributed by atoms with van der Waals surface area (Å²) in [5.74, 6) is 0.0961. The van der Waals surface area contributed by atoms with E-state index in [1.165, 1.54) is 16.3 Å². The molecule has 3 aliphatic rings. The van der Waals surface area contributed by atoms with E-state index in [4.69, 9.17) is 23.2 Å². The lowest BCUT2D eigenvalue weighted by atomic mass is 10.1. The zero-order chi connectivity index (χ0) is 23.1. The van der Waals surface area contributed by atoms with Crippen LogP contribution in [0.1, 0.15) is 27.9 Å². The Balaban J connectivity index is 1.22. The Labute approximate surface area is 200 Å². The van der Waals surface area contributed by atoms with E-state index in [0.717, 1.165) is 43.9 Å². The number of rotatable bonds is 4. The van der Waals surface area contributed by atoms with Gasteiger partial charge in [0.05, 0.1) is 13.1 Å². The molecule has 0 unspecified atom stereocenters. The number of hydrogen-bond acceptors (Lipinski definition) is 7. The molecule has 12 heteroatoms. The van der Waals surface area contributed by atoms with Crippen LogP contribution in [0.25, 0.3) is 0 Å². The minimum absolute atomic E-state index is 0.176. The number of benzene rings is 1. The zero-order valence-electron chi connectivity index (χ0n) is 17.6. The SMILES string of the molecule is O=C1CCN(N2Cc3cc(CN4CCN(c5ncnc(Cl)c5Cl)CC4)ccc3C2=O)C(=O)N1. The number of amides is 4. The number of hydrogen-bond donors (Lipinski definition) is 1. The highest BCUT2D eigenvalue weighted by atomic mass is 35.5. The summed E-state index contributed by atoms with van der Waals surface area (Å²) in [6.07, 6.45) is 1.59. The van der Waals surface area contributed by atoms with Gasteiger partial charge in [-0.2, -0.15) is 0 Å². The van der Waals surface area contributed by atoms with Crippen molar-refractivity contribution in [2.24, 2.45) is 0 Å². The number of nitrogens with one attached hydrogen (secondary N) is 1. The number of halogens is 2. The van der Waals surface area contributed by atoms with Gasteiger partial charge in [-0.1, -0.05) is 35.3 Å². The molecule has 172 valence electrons. The number of urea groups is 1. The number of nitrogens with zero attached hydrogens (tertiary/aromatic N) is 6. The smallest absolute Gasteiger partial charge is 0.342 e. The molecule has 0 spiro atoms. The molecule has 2 fully saturated rings. The highest BCUT2D eigenvalue weighted by Gasteiger charge is 2.37. The van der Waals surface area contributed by atoms with Crippen molar-refractivity contribution >= 4 is 46.9 Å². The Bertz CT molecular complexity index is 1140. The first kappa shape index (κ1) is 21.9. The van der Waals surface area contributed by atoms with Crippen molar-refractivity contribution in [1.29, 1.82) is 0 Å². The summed E-state index contributed by atoms with van der Waals surface area (Å²) < 4.78 is 0. The van der Waals surface area contributed by atoms with Gasteiger partial charge in [0.15, 0.2) is 11.0 Å². The summed E-state index contributed by atoms with van der Waals surface area (Å²) in [7, 11) is 0. The second kappa shape index (κ2) is 8.77. The standard InChI is InChI=1S/C21H21Cl2N7O3/c22-17-18(23)24-12-25-19(17)28-7-5-27(6-8-28)10-13-1-2-15-14(9-13)11-30(20(15)32)29-4-3-16(31)26-21(29)33/h1-2,9,12H,3-8,10-11H2,(H,26,31,33). The normalized spacial score (nSPS) is 19.2. The van der Waals surface area contributed by atoms with Gasteiger partial charge in [-0.05, 0) is 17.2 Å². The second-order valence-corrected chi connectivity index (χ2v) is 8.88. The number of anilines is 1. The molecule has 0 aliphatic carbocycles. The molecule has 4 amide bonds. The van der Waals surface area contributed by atoms with Crippen molar-refractivity contribution in [1.82, 2.24) is 30.2 Å². The van der Waals surface area contributed by atoms with Crippen LogP contribution in [0, 0.1) is 0 Å². The summed E-state index contributed by atoms with van der Waals surface area (Å²) in [6.45, 7) is 4.41. The molecule has 5 rings (SSSR count). The zero-order valence-corrected chi connectivity index (χ0v) is 19.1. The summed E-state index contributed by atoms with van der Waals surface area (Å²) >= 11 is 12.3. The molecule has 0 radical (unpaired) electrons. The first-order valence-electron chi connectivity index (χ1n) is 10.6. The van der Waals surface area contributed by atoms with Gasteiger partial charge in [-0.3, -0.25) is 19.8 Å². The van der Waals surface area contributed by atoms with Crippen molar-refractivity contribution in [2.75, 3.05) is 37.6 Å². The number of imide groups is 1. The maximum atomic E-state index is 12.8. The van der Waals surface area contributed by atoms with Gasteiger partial charge in [-0.25, -0.2) is 24.8 Å². The van der Waals surface area contributed by atoms with Crippen LogP contribution in [0.3, 0.4) is 0 Å². The molecule has 2 aromatic rings. The minimum Gasteiger partial charge on any atom is -0.353 e. The number of hydrazine groups is 1. The fourth-order valence-electron chi connectivity index (χ4n) is 4.37. The van der Waals surface area contributed by atoms with Gasteiger partial charge in [0.2, 0.25) is 5.91 Å². The summed E-state index contributed by atoms with van der Waals surface area (Å²) in [5.41, 5.74) is 2.56. The Morgan fingerprint density at radius 1 is 0.970 bits per heavy atom. The quantitative estimate of drug-likeness (QED) is 0.654. The molecule has 33 heavy (non-hydrogen) atoms. The van der Waals surface area contributed by atoms with E-state index in [-0.39, 0.29) is 29.9 Å². The van der Waals surface area contributed by atoms with E-state index in [0.29, 0.717) is 22.9 Å². The molecule has 10 nitrogen and oxygen atoms in total. The third kappa shape index (κ3) is 4.21. The van der Waals surface area contributed by atoms with Crippen molar-refractivity contribution in [3.05, 3.63) is 51.4 Å². The van der Waals surface area contributed by atoms with Crippen LogP contribution in [-0.2, 0) is 17.9 Å². The minimum atomic E-state index is -0.560. The van der Waals surface area contributed by atoms with Crippen molar-refractivity contribution in [2.45, 2.75) is 19.5 Å². The predicted octanol–water partition coefficient (Wildman–Crippen LogP) is 1.92. The third-order valence-corrected chi connectivity index (χ3v) is 6.82. The maximum absolute atomic E-state index is 12.8. The van der Waals surface area contributed by atoms with Gasteiger partial charge in [0.25, 0.3) is 5.91 Å². The first-order valence-corrected chi connectivity index (χ1v) is 11.3. The predicted molar refractivity (Wildman–Crippen MR) is 121 cm³/mol.